The van der Waals surface area contributed by atoms with E-state index >= 15 is 0 Å². The summed E-state index contributed by atoms with van der Waals surface area (Å²) in [5.41, 5.74) is 8.99. The van der Waals surface area contributed by atoms with Crippen molar-refractivity contribution < 1.29 is 25.2 Å². The second-order valence-electron chi connectivity index (χ2n) is 24.5. The molecule has 1 aliphatic carbocycles. The molecule has 2 atom stereocenters. The Hall–Kier alpha value is -3.99. The van der Waals surface area contributed by atoms with Crippen LogP contribution in [0, 0.1) is 11.3 Å². The molecule has 0 aromatic heterocycles. The van der Waals surface area contributed by atoms with Crippen molar-refractivity contribution >= 4 is 5.97 Å². The Balaban J connectivity index is 2.14. The lowest BCUT2D eigenvalue weighted by Crippen LogP contribution is -2.43. The smallest absolute Gasteiger partial charge is 0.314 e. The van der Waals surface area contributed by atoms with E-state index in [1.54, 1.807) is 0 Å². The molecule has 0 bridgehead atoms. The molecule has 0 spiro atoms. The second kappa shape index (κ2) is 15.7. The predicted molar refractivity (Wildman–Crippen MR) is 252 cm³/mol. The van der Waals surface area contributed by atoms with Gasteiger partial charge in [0.25, 0.3) is 0 Å². The molecule has 3 aromatic carbocycles. The summed E-state index contributed by atoms with van der Waals surface area (Å²) in [6.07, 6.45) is 1.44. The number of benzene rings is 3. The molecule has 0 heterocycles. The summed E-state index contributed by atoms with van der Waals surface area (Å²) in [4.78, 5) is 14.2. The fourth-order valence-electron chi connectivity index (χ4n) is 9.42. The molecular formula is C55H80O5. The molecule has 60 heavy (non-hydrogen) atoms. The van der Waals surface area contributed by atoms with Crippen molar-refractivity contribution in [1.29, 1.82) is 0 Å². The molecule has 3 aromatic rings. The van der Waals surface area contributed by atoms with E-state index in [4.69, 9.17) is 0 Å². The number of carboxylic acid groups (broad SMARTS) is 1. The van der Waals surface area contributed by atoms with E-state index < -0.39 is 17.3 Å². The van der Waals surface area contributed by atoms with E-state index in [9.17, 15) is 25.2 Å². The van der Waals surface area contributed by atoms with Crippen molar-refractivity contribution in [2.75, 3.05) is 0 Å². The van der Waals surface area contributed by atoms with Gasteiger partial charge in [0, 0.05) is 5.92 Å². The molecule has 4 N–H and O–H groups in total. The number of carboxylic acids is 1. The number of phenolic OH excluding ortho intramolecular Hbond substituents is 3. The van der Waals surface area contributed by atoms with Gasteiger partial charge in [-0.1, -0.05) is 167 Å². The molecule has 5 heteroatoms. The Morgan fingerprint density at radius 3 is 1.03 bits per heavy atom. The zero-order valence-electron chi connectivity index (χ0n) is 41.4. The lowest BCUT2D eigenvalue weighted by atomic mass is 9.58. The van der Waals surface area contributed by atoms with E-state index in [1.807, 2.05) is 6.92 Å². The molecule has 0 amide bonds. The van der Waals surface area contributed by atoms with E-state index in [2.05, 4.69) is 175 Å². The van der Waals surface area contributed by atoms with Crippen LogP contribution in [0.1, 0.15) is 195 Å². The molecule has 0 saturated heterocycles. The van der Waals surface area contributed by atoms with E-state index in [1.165, 1.54) is 0 Å². The number of rotatable bonds is 7. The number of aliphatic carboxylic acids is 1. The van der Waals surface area contributed by atoms with Gasteiger partial charge in [-0.2, -0.15) is 0 Å². The van der Waals surface area contributed by atoms with Crippen molar-refractivity contribution in [1.82, 2.24) is 0 Å². The Morgan fingerprint density at radius 1 is 0.500 bits per heavy atom. The minimum atomic E-state index is -1.29. The molecule has 5 nitrogen and oxygen atoms in total. The van der Waals surface area contributed by atoms with Gasteiger partial charge in [0.15, 0.2) is 0 Å². The number of carbonyl (C=O) groups is 1. The van der Waals surface area contributed by atoms with Gasteiger partial charge in [-0.15, -0.1) is 0 Å². The van der Waals surface area contributed by atoms with Crippen LogP contribution in [0.5, 0.6) is 17.2 Å². The van der Waals surface area contributed by atoms with Gasteiger partial charge in [0.1, 0.15) is 17.2 Å². The first-order valence-electron chi connectivity index (χ1n) is 22.1. The SMILES string of the molecule is CC1=C(Cc2cc(C(C)(C)C)c(O)c(C(C)(C)C)c2)C(C)(C(=O)O)C(Cc2cc(C(C)(C)C)c(O)c(C(C)(C)C)c2)C(C)=C1Cc1cc(C(C)(C)C)c(O)c(C(C)(C)C)c1. The summed E-state index contributed by atoms with van der Waals surface area (Å²) in [5, 5.41) is 46.7. The van der Waals surface area contributed by atoms with Crippen LogP contribution in [0.15, 0.2) is 58.7 Å². The molecule has 330 valence electrons. The van der Waals surface area contributed by atoms with Crippen LogP contribution in [0.4, 0.5) is 0 Å². The minimum Gasteiger partial charge on any atom is -0.507 e. The van der Waals surface area contributed by atoms with Gasteiger partial charge in [-0.05, 0) is 139 Å². The fourth-order valence-corrected chi connectivity index (χ4v) is 9.42. The summed E-state index contributed by atoms with van der Waals surface area (Å²) in [6.45, 7) is 44.2. The number of phenols is 3. The highest BCUT2D eigenvalue weighted by atomic mass is 16.4. The topological polar surface area (TPSA) is 98.0 Å². The maximum atomic E-state index is 14.2. The van der Waals surface area contributed by atoms with Crippen LogP contribution >= 0.6 is 0 Å². The third-order valence-corrected chi connectivity index (χ3v) is 13.2. The lowest BCUT2D eigenvalue weighted by Gasteiger charge is -2.44. The Morgan fingerprint density at radius 2 is 0.767 bits per heavy atom. The Labute approximate surface area is 364 Å². The maximum absolute atomic E-state index is 14.2. The first-order valence-corrected chi connectivity index (χ1v) is 22.1. The van der Waals surface area contributed by atoms with Gasteiger partial charge in [-0.3, -0.25) is 4.79 Å². The van der Waals surface area contributed by atoms with Crippen molar-refractivity contribution in [3.8, 4) is 17.2 Å². The predicted octanol–water partition coefficient (Wildman–Crippen LogP) is 14.0. The fraction of sp³-hybridized carbons (Fsp3) is 0.582. The van der Waals surface area contributed by atoms with Gasteiger partial charge >= 0.3 is 5.97 Å². The molecule has 1 aliphatic rings. The highest BCUT2D eigenvalue weighted by Gasteiger charge is 2.50. The monoisotopic (exact) mass is 821 g/mol. The van der Waals surface area contributed by atoms with Crippen LogP contribution in [-0.4, -0.2) is 26.4 Å². The molecule has 4 rings (SSSR count). The Kier molecular flexibility index (Phi) is 12.8. The van der Waals surface area contributed by atoms with Crippen LogP contribution in [-0.2, 0) is 56.5 Å². The summed E-state index contributed by atoms with van der Waals surface area (Å²) in [5.74, 6) is -0.341. The number of hydrogen-bond acceptors (Lipinski definition) is 4. The second-order valence-corrected chi connectivity index (χ2v) is 24.5. The lowest BCUT2D eigenvalue weighted by molar-refractivity contribution is -0.148. The van der Waals surface area contributed by atoms with Gasteiger partial charge in [0.2, 0.25) is 0 Å². The summed E-state index contributed by atoms with van der Waals surface area (Å²) in [7, 11) is 0. The summed E-state index contributed by atoms with van der Waals surface area (Å²) >= 11 is 0. The van der Waals surface area contributed by atoms with Crippen molar-refractivity contribution in [3.05, 3.63) is 109 Å². The maximum Gasteiger partial charge on any atom is 0.314 e. The van der Waals surface area contributed by atoms with E-state index in [0.717, 1.165) is 72.4 Å². The zero-order chi connectivity index (χ0) is 46.3. The summed E-state index contributed by atoms with van der Waals surface area (Å²) in [6, 6.07) is 12.7. The van der Waals surface area contributed by atoms with Gasteiger partial charge < -0.3 is 20.4 Å². The number of hydrogen-bond donors (Lipinski definition) is 4. The van der Waals surface area contributed by atoms with Crippen molar-refractivity contribution in [3.63, 3.8) is 0 Å². The largest absolute Gasteiger partial charge is 0.507 e. The minimum absolute atomic E-state index is 0.302. The normalized spacial score (nSPS) is 18.7. The van der Waals surface area contributed by atoms with Crippen molar-refractivity contribution in [2.45, 2.75) is 197 Å². The quantitative estimate of drug-likeness (QED) is 0.190. The summed E-state index contributed by atoms with van der Waals surface area (Å²) < 4.78 is 0. The van der Waals surface area contributed by atoms with E-state index in [0.29, 0.717) is 36.5 Å². The number of allylic oxidation sites excluding steroid dienone is 3. The van der Waals surface area contributed by atoms with Gasteiger partial charge in [0.05, 0.1) is 5.41 Å². The van der Waals surface area contributed by atoms with Crippen LogP contribution in [0.2, 0.25) is 0 Å². The van der Waals surface area contributed by atoms with Crippen LogP contribution in [0.3, 0.4) is 0 Å². The molecule has 0 radical (unpaired) electrons. The average Bonchev–Trinajstić information content (AvgIpc) is 3.05. The highest BCUT2D eigenvalue weighted by Crippen LogP contribution is 2.53. The third kappa shape index (κ3) is 9.56. The van der Waals surface area contributed by atoms with Crippen molar-refractivity contribution in [2.24, 2.45) is 11.3 Å². The van der Waals surface area contributed by atoms with E-state index in [-0.39, 0.29) is 32.5 Å². The highest BCUT2D eigenvalue weighted by molar-refractivity contribution is 5.82. The van der Waals surface area contributed by atoms with Crippen LogP contribution < -0.4 is 0 Å². The first kappa shape index (κ1) is 48.7. The first-order chi connectivity index (χ1) is 26.8. The molecule has 0 fully saturated rings. The molecular weight excluding hydrogens is 741 g/mol. The van der Waals surface area contributed by atoms with Crippen LogP contribution in [0.25, 0.3) is 0 Å². The molecule has 0 aliphatic heterocycles. The zero-order valence-corrected chi connectivity index (χ0v) is 41.4. The molecule has 2 unspecified atom stereocenters. The third-order valence-electron chi connectivity index (χ3n) is 13.2. The Bertz CT molecular complexity index is 2110. The number of aromatic hydroxyl groups is 3. The molecule has 0 saturated carbocycles. The average molecular weight is 821 g/mol. The van der Waals surface area contributed by atoms with Gasteiger partial charge in [-0.25, -0.2) is 0 Å². The standard InChI is InChI=1S/C55H80O5/c1-31-36(22-33-25-39(49(3,4)5)45(56)40(26-33)50(6,7)8)32(2)38(24-35-29-43(53(15,16)17)47(58)44(30-35)54(18,19)20)55(21,48(59)60)37(31)23-34-27-41(51(9,10)11)46(57)42(28-34)52(12,13)14/h25-30,37,56-58H,22-24H2,1-21H3,(H,59,60).